The van der Waals surface area contributed by atoms with Crippen molar-refractivity contribution in [2.75, 3.05) is 5.32 Å². The summed E-state index contributed by atoms with van der Waals surface area (Å²) < 4.78 is 2.64. The minimum atomic E-state index is -0.198. The highest BCUT2D eigenvalue weighted by Gasteiger charge is 1.99. The van der Waals surface area contributed by atoms with E-state index < -0.39 is 0 Å². The van der Waals surface area contributed by atoms with Crippen LogP contribution < -0.4 is 5.32 Å². The first-order chi connectivity index (χ1) is 8.63. The van der Waals surface area contributed by atoms with Crippen molar-refractivity contribution in [3.8, 4) is 0 Å². The van der Waals surface area contributed by atoms with Crippen LogP contribution in [0, 0.1) is 0 Å². The predicted octanol–water partition coefficient (Wildman–Crippen LogP) is 2.83. The summed E-state index contributed by atoms with van der Waals surface area (Å²) in [6.45, 7) is 0. The molecule has 0 fully saturated rings. The van der Waals surface area contributed by atoms with Crippen LogP contribution in [0.1, 0.15) is 5.56 Å². The highest BCUT2D eigenvalue weighted by atomic mass is 79.9. The fraction of sp³-hybridized carbons (Fsp3) is 0.0769. The minimum Gasteiger partial charge on any atom is -0.306 e. The van der Waals surface area contributed by atoms with E-state index in [1.54, 1.807) is 30.1 Å². The molecule has 0 radical (unpaired) electrons. The molecule has 0 spiro atoms. The Morgan fingerprint density at radius 2 is 2.06 bits per heavy atom. The highest BCUT2D eigenvalue weighted by Crippen LogP contribution is 2.11. The van der Waals surface area contributed by atoms with Gasteiger partial charge in [0.1, 0.15) is 0 Å². The van der Waals surface area contributed by atoms with E-state index in [1.165, 1.54) is 6.08 Å². The average molecular weight is 306 g/mol. The molecule has 0 saturated carbocycles. The maximum atomic E-state index is 11.6. The number of hydrogen-bond donors (Lipinski definition) is 1. The van der Waals surface area contributed by atoms with Crippen LogP contribution in [-0.2, 0) is 11.8 Å². The first-order valence-corrected chi connectivity index (χ1v) is 6.17. The maximum absolute atomic E-state index is 11.6. The van der Waals surface area contributed by atoms with Gasteiger partial charge in [-0.3, -0.25) is 9.48 Å². The summed E-state index contributed by atoms with van der Waals surface area (Å²) in [6, 6.07) is 9.45. The summed E-state index contributed by atoms with van der Waals surface area (Å²) in [4.78, 5) is 11.6. The van der Waals surface area contributed by atoms with Gasteiger partial charge in [-0.25, -0.2) is 0 Å². The molecule has 18 heavy (non-hydrogen) atoms. The molecule has 1 aromatic heterocycles. The van der Waals surface area contributed by atoms with E-state index >= 15 is 0 Å². The van der Waals surface area contributed by atoms with Gasteiger partial charge in [-0.2, -0.15) is 5.10 Å². The van der Waals surface area contributed by atoms with Gasteiger partial charge < -0.3 is 5.32 Å². The number of hydrogen-bond acceptors (Lipinski definition) is 2. The lowest BCUT2D eigenvalue weighted by atomic mass is 10.2. The van der Waals surface area contributed by atoms with Crippen molar-refractivity contribution in [3.63, 3.8) is 0 Å². The van der Waals surface area contributed by atoms with Crippen LogP contribution in [0.5, 0.6) is 0 Å². The smallest absolute Gasteiger partial charge is 0.249 e. The number of nitrogens with zero attached hydrogens (tertiary/aromatic N) is 2. The maximum Gasteiger partial charge on any atom is 0.249 e. The van der Waals surface area contributed by atoms with Gasteiger partial charge in [0.25, 0.3) is 0 Å². The standard InChI is InChI=1S/C13H12BrN3O/c1-17-9-8-12(16-17)15-13(18)7-4-10-2-5-11(14)6-3-10/h2-9H,1H3,(H,15,16,18)/b7-4+. The summed E-state index contributed by atoms with van der Waals surface area (Å²) in [5.41, 5.74) is 0.967. The third-order valence-corrected chi connectivity index (χ3v) is 2.79. The van der Waals surface area contributed by atoms with Gasteiger partial charge in [0, 0.05) is 29.9 Å². The Labute approximate surface area is 113 Å². The number of aryl methyl sites for hydroxylation is 1. The van der Waals surface area contributed by atoms with E-state index in [-0.39, 0.29) is 5.91 Å². The Balaban J connectivity index is 1.96. The summed E-state index contributed by atoms with van der Waals surface area (Å²) in [7, 11) is 1.80. The molecule has 1 aromatic carbocycles. The summed E-state index contributed by atoms with van der Waals surface area (Å²) in [5.74, 6) is 0.347. The number of benzene rings is 1. The third kappa shape index (κ3) is 3.56. The van der Waals surface area contributed by atoms with E-state index in [0.29, 0.717) is 5.82 Å². The second-order valence-corrected chi connectivity index (χ2v) is 4.66. The largest absolute Gasteiger partial charge is 0.306 e. The molecule has 0 aliphatic carbocycles. The molecule has 0 bridgehead atoms. The van der Waals surface area contributed by atoms with Crippen molar-refractivity contribution in [2.24, 2.45) is 7.05 Å². The van der Waals surface area contributed by atoms with Crippen LogP contribution in [0.15, 0.2) is 47.1 Å². The molecule has 1 N–H and O–H groups in total. The zero-order valence-electron chi connectivity index (χ0n) is 9.80. The number of nitrogens with one attached hydrogen (secondary N) is 1. The predicted molar refractivity (Wildman–Crippen MR) is 75.0 cm³/mol. The molecule has 1 amide bonds. The van der Waals surface area contributed by atoms with E-state index in [4.69, 9.17) is 0 Å². The number of carbonyl (C=O) groups excluding carboxylic acids is 1. The van der Waals surface area contributed by atoms with Crippen molar-refractivity contribution < 1.29 is 4.79 Å². The van der Waals surface area contributed by atoms with Crippen molar-refractivity contribution >= 4 is 33.7 Å². The van der Waals surface area contributed by atoms with Crippen LogP contribution in [0.3, 0.4) is 0 Å². The lowest BCUT2D eigenvalue weighted by Crippen LogP contribution is -2.08. The molecular formula is C13H12BrN3O. The molecule has 1 heterocycles. The molecule has 2 rings (SSSR count). The van der Waals surface area contributed by atoms with Crippen LogP contribution in [0.4, 0.5) is 5.82 Å². The number of carbonyl (C=O) groups is 1. The number of halogens is 1. The Hall–Kier alpha value is -1.88. The topological polar surface area (TPSA) is 46.9 Å². The highest BCUT2D eigenvalue weighted by molar-refractivity contribution is 9.10. The lowest BCUT2D eigenvalue weighted by Gasteiger charge is -1.96. The molecule has 0 aliphatic rings. The quantitative estimate of drug-likeness (QED) is 0.886. The molecule has 2 aromatic rings. The average Bonchev–Trinajstić information content (AvgIpc) is 2.74. The zero-order valence-corrected chi connectivity index (χ0v) is 11.4. The van der Waals surface area contributed by atoms with Gasteiger partial charge in [0.05, 0.1) is 0 Å². The van der Waals surface area contributed by atoms with Gasteiger partial charge >= 0.3 is 0 Å². The van der Waals surface area contributed by atoms with Gasteiger partial charge in [-0.15, -0.1) is 0 Å². The Bertz CT molecular complexity index is 572. The van der Waals surface area contributed by atoms with Gasteiger partial charge in [-0.05, 0) is 23.8 Å². The minimum absolute atomic E-state index is 0.198. The normalized spacial score (nSPS) is 10.8. The molecule has 92 valence electrons. The molecule has 0 unspecified atom stereocenters. The zero-order chi connectivity index (χ0) is 13.0. The number of rotatable bonds is 3. The molecule has 0 aliphatic heterocycles. The number of anilines is 1. The SMILES string of the molecule is Cn1ccc(NC(=O)/C=C/c2ccc(Br)cc2)n1. The second kappa shape index (κ2) is 5.64. The van der Waals surface area contributed by atoms with E-state index in [9.17, 15) is 4.79 Å². The molecular weight excluding hydrogens is 294 g/mol. The summed E-state index contributed by atoms with van der Waals surface area (Å²) in [5, 5.41) is 6.74. The molecule has 0 atom stereocenters. The van der Waals surface area contributed by atoms with Gasteiger partial charge in [-0.1, -0.05) is 28.1 Å². The second-order valence-electron chi connectivity index (χ2n) is 3.75. The van der Waals surface area contributed by atoms with Crippen LogP contribution in [0.2, 0.25) is 0 Å². The van der Waals surface area contributed by atoms with Crippen molar-refractivity contribution in [3.05, 3.63) is 52.6 Å². The van der Waals surface area contributed by atoms with Crippen molar-refractivity contribution in [1.29, 1.82) is 0 Å². The Morgan fingerprint density at radius 3 is 2.67 bits per heavy atom. The molecule has 5 heteroatoms. The monoisotopic (exact) mass is 305 g/mol. The Morgan fingerprint density at radius 1 is 1.33 bits per heavy atom. The van der Waals surface area contributed by atoms with Crippen LogP contribution in [0.25, 0.3) is 6.08 Å². The van der Waals surface area contributed by atoms with Gasteiger partial charge in [0.15, 0.2) is 5.82 Å². The molecule has 4 nitrogen and oxygen atoms in total. The van der Waals surface area contributed by atoms with Gasteiger partial charge in [0.2, 0.25) is 5.91 Å². The van der Waals surface area contributed by atoms with E-state index in [1.807, 2.05) is 24.3 Å². The fourth-order valence-electron chi connectivity index (χ4n) is 1.40. The lowest BCUT2D eigenvalue weighted by molar-refractivity contribution is -0.111. The first kappa shape index (κ1) is 12.6. The fourth-order valence-corrected chi connectivity index (χ4v) is 1.66. The molecule has 0 saturated heterocycles. The summed E-state index contributed by atoms with van der Waals surface area (Å²) in [6.07, 6.45) is 5.01. The first-order valence-electron chi connectivity index (χ1n) is 5.38. The number of aromatic nitrogens is 2. The van der Waals surface area contributed by atoms with E-state index in [2.05, 4.69) is 26.3 Å². The third-order valence-electron chi connectivity index (χ3n) is 2.26. The van der Waals surface area contributed by atoms with E-state index in [0.717, 1.165) is 10.0 Å². The Kier molecular flexibility index (Phi) is 3.94. The van der Waals surface area contributed by atoms with Crippen LogP contribution in [-0.4, -0.2) is 15.7 Å². The number of amides is 1. The van der Waals surface area contributed by atoms with Crippen molar-refractivity contribution in [2.45, 2.75) is 0 Å². The summed E-state index contributed by atoms with van der Waals surface area (Å²) >= 11 is 3.36. The van der Waals surface area contributed by atoms with Crippen molar-refractivity contribution in [1.82, 2.24) is 9.78 Å². The van der Waals surface area contributed by atoms with Crippen LogP contribution >= 0.6 is 15.9 Å².